The number of aliphatic hydroxyl groups is 3. The Kier molecular flexibility index (Phi) is 3.63. The Balaban J connectivity index is 2.07. The van der Waals surface area contributed by atoms with Crippen LogP contribution in [0, 0.1) is 0 Å². The third kappa shape index (κ3) is 2.58. The molecule has 1 heterocycles. The molecule has 4 atom stereocenters. The summed E-state index contributed by atoms with van der Waals surface area (Å²) in [7, 11) is 0. The number of aliphatic hydroxyl groups excluding tert-OH is 3. The monoisotopic (exact) mass is 239 g/mol. The van der Waals surface area contributed by atoms with E-state index in [-0.39, 0.29) is 18.3 Å². The van der Waals surface area contributed by atoms with Gasteiger partial charge in [-0.3, -0.25) is 0 Å². The topological polar surface area (TPSA) is 93.0 Å². The standard InChI is InChI=1S/C12H17NO4/c14-9-4-2-1-3-7(9)5-8-11(16)12(17)10(15)6-13-8/h1-4,8,10-17H,5-6H2/t8-,10?,11?,12?/m1/s1. The van der Waals surface area contributed by atoms with Gasteiger partial charge in [-0.15, -0.1) is 0 Å². The van der Waals surface area contributed by atoms with Crippen molar-refractivity contribution in [3.05, 3.63) is 29.8 Å². The number of rotatable bonds is 2. The minimum atomic E-state index is -1.15. The van der Waals surface area contributed by atoms with Crippen LogP contribution in [0.25, 0.3) is 0 Å². The van der Waals surface area contributed by atoms with Crippen molar-refractivity contribution in [3.63, 3.8) is 0 Å². The van der Waals surface area contributed by atoms with Crippen molar-refractivity contribution in [1.29, 1.82) is 0 Å². The van der Waals surface area contributed by atoms with Gasteiger partial charge in [0, 0.05) is 12.6 Å². The van der Waals surface area contributed by atoms with Crippen LogP contribution in [-0.2, 0) is 6.42 Å². The van der Waals surface area contributed by atoms with Gasteiger partial charge in [0.1, 0.15) is 11.9 Å². The molecule has 0 radical (unpaired) electrons. The molecule has 5 heteroatoms. The van der Waals surface area contributed by atoms with Crippen LogP contribution in [0.4, 0.5) is 0 Å². The van der Waals surface area contributed by atoms with Crippen LogP contribution in [-0.4, -0.2) is 51.3 Å². The maximum atomic E-state index is 9.81. The molecule has 1 aromatic rings. The lowest BCUT2D eigenvalue weighted by atomic mass is 9.91. The smallest absolute Gasteiger partial charge is 0.118 e. The zero-order valence-electron chi connectivity index (χ0n) is 9.32. The van der Waals surface area contributed by atoms with E-state index in [4.69, 9.17) is 0 Å². The Morgan fingerprint density at radius 1 is 1.12 bits per heavy atom. The fraction of sp³-hybridized carbons (Fsp3) is 0.500. The molecule has 1 aromatic carbocycles. The molecule has 0 saturated carbocycles. The van der Waals surface area contributed by atoms with Crippen molar-refractivity contribution in [3.8, 4) is 5.75 Å². The molecule has 0 aromatic heterocycles. The Morgan fingerprint density at radius 3 is 2.53 bits per heavy atom. The molecule has 5 N–H and O–H groups in total. The molecule has 0 amide bonds. The summed E-state index contributed by atoms with van der Waals surface area (Å²) in [6.07, 6.45) is -2.74. The summed E-state index contributed by atoms with van der Waals surface area (Å²) >= 11 is 0. The molecule has 17 heavy (non-hydrogen) atoms. The third-order valence-electron chi connectivity index (χ3n) is 3.18. The van der Waals surface area contributed by atoms with E-state index in [1.165, 1.54) is 0 Å². The summed E-state index contributed by atoms with van der Waals surface area (Å²) in [5, 5.41) is 41.3. The van der Waals surface area contributed by atoms with Crippen LogP contribution >= 0.6 is 0 Å². The SMILES string of the molecule is Oc1ccccc1C[C@H]1NCC(O)C(O)C1O. The van der Waals surface area contributed by atoms with Gasteiger partial charge in [0.25, 0.3) is 0 Å². The summed E-state index contributed by atoms with van der Waals surface area (Å²) < 4.78 is 0. The first-order valence-electron chi connectivity index (χ1n) is 5.64. The first-order chi connectivity index (χ1) is 8.09. The number of β-amino-alcohol motifs (C(OH)–C–C–N with tert-alkyl or cyclic N) is 1. The van der Waals surface area contributed by atoms with E-state index >= 15 is 0 Å². The number of phenolic OH excluding ortho intramolecular Hbond substituents is 1. The van der Waals surface area contributed by atoms with Gasteiger partial charge in [-0.05, 0) is 18.1 Å². The highest BCUT2D eigenvalue weighted by Crippen LogP contribution is 2.21. The maximum absolute atomic E-state index is 9.81. The van der Waals surface area contributed by atoms with Gasteiger partial charge < -0.3 is 25.7 Å². The molecule has 1 fully saturated rings. The molecule has 2 rings (SSSR count). The maximum Gasteiger partial charge on any atom is 0.118 e. The predicted octanol–water partition coefficient (Wildman–Crippen LogP) is -1.01. The number of para-hydroxylation sites is 1. The zero-order chi connectivity index (χ0) is 12.4. The van der Waals surface area contributed by atoms with Gasteiger partial charge in [0.2, 0.25) is 0 Å². The molecule has 0 aliphatic carbocycles. The number of hydrogen-bond donors (Lipinski definition) is 5. The molecule has 0 spiro atoms. The highest BCUT2D eigenvalue weighted by atomic mass is 16.4. The van der Waals surface area contributed by atoms with Gasteiger partial charge in [-0.25, -0.2) is 0 Å². The number of piperidine rings is 1. The lowest BCUT2D eigenvalue weighted by Crippen LogP contribution is -2.60. The summed E-state index contributed by atoms with van der Waals surface area (Å²) in [5.74, 6) is 0.169. The largest absolute Gasteiger partial charge is 0.508 e. The molecule has 1 aliphatic heterocycles. The Hall–Kier alpha value is -1.14. The van der Waals surface area contributed by atoms with E-state index in [1.807, 2.05) is 0 Å². The van der Waals surface area contributed by atoms with Crippen LogP contribution in [0.1, 0.15) is 5.56 Å². The molecular formula is C12H17NO4. The van der Waals surface area contributed by atoms with Gasteiger partial charge in [-0.1, -0.05) is 18.2 Å². The summed E-state index contributed by atoms with van der Waals surface area (Å²) in [6, 6.07) is 6.50. The fourth-order valence-corrected chi connectivity index (χ4v) is 2.09. The minimum absolute atomic E-state index is 0.169. The number of nitrogens with one attached hydrogen (secondary N) is 1. The molecule has 3 unspecified atom stereocenters. The molecule has 5 nitrogen and oxygen atoms in total. The third-order valence-corrected chi connectivity index (χ3v) is 3.18. The molecule has 1 saturated heterocycles. The quantitative estimate of drug-likeness (QED) is 0.456. The Bertz CT molecular complexity index is 385. The van der Waals surface area contributed by atoms with Crippen molar-refractivity contribution < 1.29 is 20.4 Å². The van der Waals surface area contributed by atoms with Crippen LogP contribution < -0.4 is 5.32 Å². The van der Waals surface area contributed by atoms with Gasteiger partial charge in [0.05, 0.1) is 12.2 Å². The fourth-order valence-electron chi connectivity index (χ4n) is 2.09. The lowest BCUT2D eigenvalue weighted by Gasteiger charge is -2.36. The highest BCUT2D eigenvalue weighted by molar-refractivity contribution is 5.32. The zero-order valence-corrected chi connectivity index (χ0v) is 9.32. The van der Waals surface area contributed by atoms with E-state index in [0.717, 1.165) is 0 Å². The average molecular weight is 239 g/mol. The van der Waals surface area contributed by atoms with Crippen molar-refractivity contribution in [2.75, 3.05) is 6.54 Å². The van der Waals surface area contributed by atoms with Crippen LogP contribution in [0.5, 0.6) is 5.75 Å². The van der Waals surface area contributed by atoms with E-state index in [1.54, 1.807) is 24.3 Å². The Morgan fingerprint density at radius 2 is 1.82 bits per heavy atom. The van der Waals surface area contributed by atoms with Crippen molar-refractivity contribution >= 4 is 0 Å². The van der Waals surface area contributed by atoms with E-state index in [2.05, 4.69) is 5.32 Å². The van der Waals surface area contributed by atoms with Crippen molar-refractivity contribution in [2.45, 2.75) is 30.8 Å². The van der Waals surface area contributed by atoms with E-state index in [0.29, 0.717) is 12.0 Å². The van der Waals surface area contributed by atoms with Crippen LogP contribution in [0.15, 0.2) is 24.3 Å². The predicted molar refractivity (Wildman–Crippen MR) is 61.6 cm³/mol. The average Bonchev–Trinajstić information content (AvgIpc) is 2.32. The number of phenols is 1. The lowest BCUT2D eigenvalue weighted by molar-refractivity contribution is -0.0938. The summed E-state index contributed by atoms with van der Waals surface area (Å²) in [4.78, 5) is 0. The summed E-state index contributed by atoms with van der Waals surface area (Å²) in [5.41, 5.74) is 0.702. The first-order valence-corrected chi connectivity index (χ1v) is 5.64. The molecule has 1 aliphatic rings. The van der Waals surface area contributed by atoms with Crippen LogP contribution in [0.3, 0.4) is 0 Å². The van der Waals surface area contributed by atoms with E-state index in [9.17, 15) is 20.4 Å². The highest BCUT2D eigenvalue weighted by Gasteiger charge is 2.36. The molecule has 0 bridgehead atoms. The Labute approximate surface area is 99.3 Å². The minimum Gasteiger partial charge on any atom is -0.508 e. The molecular weight excluding hydrogens is 222 g/mol. The molecule has 94 valence electrons. The number of benzene rings is 1. The second-order valence-electron chi connectivity index (χ2n) is 4.40. The second-order valence-corrected chi connectivity index (χ2v) is 4.40. The number of aromatic hydroxyl groups is 1. The van der Waals surface area contributed by atoms with Crippen molar-refractivity contribution in [1.82, 2.24) is 5.32 Å². The number of hydrogen-bond acceptors (Lipinski definition) is 5. The van der Waals surface area contributed by atoms with Gasteiger partial charge in [0.15, 0.2) is 0 Å². The van der Waals surface area contributed by atoms with E-state index < -0.39 is 18.3 Å². The normalized spacial score (nSPS) is 33.6. The first kappa shape index (κ1) is 12.3. The van der Waals surface area contributed by atoms with Crippen LogP contribution in [0.2, 0.25) is 0 Å². The van der Waals surface area contributed by atoms with Gasteiger partial charge in [-0.2, -0.15) is 0 Å². The van der Waals surface area contributed by atoms with Crippen molar-refractivity contribution in [2.24, 2.45) is 0 Å². The summed E-state index contributed by atoms with van der Waals surface area (Å²) in [6.45, 7) is 0.233. The van der Waals surface area contributed by atoms with Gasteiger partial charge >= 0.3 is 0 Å². The second kappa shape index (κ2) is 5.01.